The van der Waals surface area contributed by atoms with Gasteiger partial charge in [-0.25, -0.2) is 0 Å². The summed E-state index contributed by atoms with van der Waals surface area (Å²) in [7, 11) is 0. The van der Waals surface area contributed by atoms with Crippen LogP contribution >= 0.6 is 0 Å². The zero-order valence-corrected chi connectivity index (χ0v) is 38.2. The lowest BCUT2D eigenvalue weighted by Crippen LogP contribution is -2.30. The van der Waals surface area contributed by atoms with Crippen LogP contribution < -0.4 is 0 Å². The van der Waals surface area contributed by atoms with Gasteiger partial charge in [0.15, 0.2) is 6.10 Å². The predicted molar refractivity (Wildman–Crippen MR) is 251 cm³/mol. The van der Waals surface area contributed by atoms with Crippen LogP contribution in [0.15, 0.2) is 85.1 Å². The molecule has 0 saturated carbocycles. The van der Waals surface area contributed by atoms with Crippen molar-refractivity contribution in [1.29, 1.82) is 0 Å². The average Bonchev–Trinajstić information content (AvgIpc) is 3.23. The summed E-state index contributed by atoms with van der Waals surface area (Å²) in [6.45, 7) is 6.37. The quantitative estimate of drug-likeness (QED) is 0.0201. The number of rotatable bonds is 42. The monoisotopic (exact) mass is 821 g/mol. The van der Waals surface area contributed by atoms with Crippen molar-refractivity contribution in [1.82, 2.24) is 0 Å². The Morgan fingerprint density at radius 3 is 1.17 bits per heavy atom. The van der Waals surface area contributed by atoms with Gasteiger partial charge in [0.05, 0.1) is 0 Å². The summed E-state index contributed by atoms with van der Waals surface area (Å²) in [5, 5.41) is 0. The summed E-state index contributed by atoms with van der Waals surface area (Å²) in [6, 6.07) is 0. The Morgan fingerprint density at radius 1 is 0.356 bits per heavy atom. The molecule has 6 nitrogen and oxygen atoms in total. The Kier molecular flexibility index (Phi) is 44.5. The Bertz CT molecular complexity index is 1170. The molecule has 0 aromatic rings. The van der Waals surface area contributed by atoms with Crippen LogP contribution in [0.3, 0.4) is 0 Å². The van der Waals surface area contributed by atoms with Crippen LogP contribution in [0.5, 0.6) is 0 Å². The van der Waals surface area contributed by atoms with Crippen molar-refractivity contribution in [2.75, 3.05) is 13.2 Å². The van der Waals surface area contributed by atoms with Gasteiger partial charge in [0, 0.05) is 19.3 Å². The second-order valence-corrected chi connectivity index (χ2v) is 15.8. The normalized spacial score (nSPS) is 12.8. The first kappa shape index (κ1) is 55.6. The molecule has 59 heavy (non-hydrogen) atoms. The summed E-state index contributed by atoms with van der Waals surface area (Å²) in [6.07, 6.45) is 59.9. The fraction of sp³-hybridized carbons (Fsp3) is 0.679. The third-order valence-corrected chi connectivity index (χ3v) is 9.98. The van der Waals surface area contributed by atoms with Crippen molar-refractivity contribution < 1.29 is 28.6 Å². The highest BCUT2D eigenvalue weighted by atomic mass is 16.6. The molecule has 0 N–H and O–H groups in total. The van der Waals surface area contributed by atoms with Crippen LogP contribution in [-0.2, 0) is 28.6 Å². The minimum atomic E-state index is -0.798. The van der Waals surface area contributed by atoms with Crippen molar-refractivity contribution in [3.63, 3.8) is 0 Å². The van der Waals surface area contributed by atoms with E-state index >= 15 is 0 Å². The molecule has 0 aliphatic rings. The Labute approximate surface area is 363 Å². The maximum atomic E-state index is 12.8. The van der Waals surface area contributed by atoms with E-state index in [0.29, 0.717) is 19.3 Å². The molecular formula is C53H88O6. The van der Waals surface area contributed by atoms with Crippen LogP contribution in [-0.4, -0.2) is 37.2 Å². The standard InChI is InChI=1S/C53H88O6/c1-4-7-10-13-16-19-22-24-26-28-31-34-37-40-43-46-52(55)58-49-50(48-57-51(54)45-42-39-36-33-30-21-18-15-12-9-6-3)59-53(56)47-44-41-38-35-32-29-27-25-23-20-17-14-11-8-5-2/h7,10,13,15-16,18-24,26,30,50H,4-6,8-9,11-12,14,17,25,27-29,31-49H2,1-3H3/b10-7-,16-13-,18-15-,22-19-,23-20-,26-24-,30-21-. The molecule has 0 aliphatic carbocycles. The SMILES string of the molecule is CC\C=C/C=C\C=C/C=C\CCCCCCCC(=O)OCC(COC(=O)CCCCC/C=C\C=C/CCCC)OC(=O)CCCCCCCCC/C=C\CCCCCC. The lowest BCUT2D eigenvalue weighted by molar-refractivity contribution is -0.167. The molecule has 0 aromatic carbocycles. The molecule has 0 amide bonds. The van der Waals surface area contributed by atoms with Gasteiger partial charge in [0.25, 0.3) is 0 Å². The number of ether oxygens (including phenoxy) is 3. The topological polar surface area (TPSA) is 78.9 Å². The van der Waals surface area contributed by atoms with Crippen molar-refractivity contribution in [2.45, 2.75) is 219 Å². The number of hydrogen-bond acceptors (Lipinski definition) is 6. The van der Waals surface area contributed by atoms with Crippen LogP contribution in [0.4, 0.5) is 0 Å². The summed E-state index contributed by atoms with van der Waals surface area (Å²) >= 11 is 0. The molecule has 0 spiro atoms. The largest absolute Gasteiger partial charge is 0.462 e. The molecule has 0 bridgehead atoms. The van der Waals surface area contributed by atoms with Gasteiger partial charge in [0.2, 0.25) is 0 Å². The highest BCUT2D eigenvalue weighted by molar-refractivity contribution is 5.71. The van der Waals surface area contributed by atoms with Gasteiger partial charge < -0.3 is 14.2 Å². The zero-order chi connectivity index (χ0) is 43.0. The number of allylic oxidation sites excluding steroid dienone is 14. The number of carbonyl (C=O) groups is 3. The lowest BCUT2D eigenvalue weighted by atomic mass is 10.1. The molecular weight excluding hydrogens is 733 g/mol. The molecule has 0 aliphatic heterocycles. The molecule has 0 heterocycles. The summed E-state index contributed by atoms with van der Waals surface area (Å²) in [5.41, 5.74) is 0. The predicted octanol–water partition coefficient (Wildman–Crippen LogP) is 15.6. The fourth-order valence-corrected chi connectivity index (χ4v) is 6.30. The number of carbonyl (C=O) groups excluding carboxylic acids is 3. The maximum absolute atomic E-state index is 12.8. The molecule has 0 rings (SSSR count). The van der Waals surface area contributed by atoms with E-state index in [9.17, 15) is 14.4 Å². The second-order valence-electron chi connectivity index (χ2n) is 15.8. The van der Waals surface area contributed by atoms with Gasteiger partial charge in [-0.2, -0.15) is 0 Å². The van der Waals surface area contributed by atoms with E-state index in [1.807, 2.05) is 24.3 Å². The molecule has 0 fully saturated rings. The van der Waals surface area contributed by atoms with Gasteiger partial charge in [-0.3, -0.25) is 14.4 Å². The summed E-state index contributed by atoms with van der Waals surface area (Å²) < 4.78 is 16.7. The molecule has 6 heteroatoms. The highest BCUT2D eigenvalue weighted by Gasteiger charge is 2.19. The van der Waals surface area contributed by atoms with E-state index in [4.69, 9.17) is 14.2 Å². The second kappa shape index (κ2) is 47.3. The Hall–Kier alpha value is -3.41. The first-order valence-corrected chi connectivity index (χ1v) is 24.2. The Morgan fingerprint density at radius 2 is 0.695 bits per heavy atom. The van der Waals surface area contributed by atoms with Crippen molar-refractivity contribution >= 4 is 17.9 Å². The van der Waals surface area contributed by atoms with E-state index in [0.717, 1.165) is 96.3 Å². The lowest BCUT2D eigenvalue weighted by Gasteiger charge is -2.18. The van der Waals surface area contributed by atoms with Crippen LogP contribution in [0.25, 0.3) is 0 Å². The molecule has 1 atom stereocenters. The molecule has 336 valence electrons. The van der Waals surface area contributed by atoms with Crippen LogP contribution in [0, 0.1) is 0 Å². The van der Waals surface area contributed by atoms with Crippen molar-refractivity contribution in [3.8, 4) is 0 Å². The smallest absolute Gasteiger partial charge is 0.306 e. The van der Waals surface area contributed by atoms with E-state index in [1.165, 1.54) is 77.0 Å². The molecule has 0 radical (unpaired) electrons. The first-order valence-electron chi connectivity index (χ1n) is 24.2. The van der Waals surface area contributed by atoms with E-state index in [1.54, 1.807) is 0 Å². The van der Waals surface area contributed by atoms with E-state index < -0.39 is 6.10 Å². The molecule has 0 aromatic heterocycles. The minimum absolute atomic E-state index is 0.100. The van der Waals surface area contributed by atoms with Gasteiger partial charge >= 0.3 is 17.9 Å². The van der Waals surface area contributed by atoms with Crippen LogP contribution in [0.2, 0.25) is 0 Å². The molecule has 1 unspecified atom stereocenters. The zero-order valence-electron chi connectivity index (χ0n) is 38.2. The fourth-order valence-electron chi connectivity index (χ4n) is 6.30. The van der Waals surface area contributed by atoms with Crippen molar-refractivity contribution in [2.24, 2.45) is 0 Å². The van der Waals surface area contributed by atoms with E-state index in [2.05, 4.69) is 81.5 Å². The number of unbranched alkanes of at least 4 members (excludes halogenated alkanes) is 21. The minimum Gasteiger partial charge on any atom is -0.462 e. The van der Waals surface area contributed by atoms with Gasteiger partial charge in [0.1, 0.15) is 13.2 Å². The van der Waals surface area contributed by atoms with Gasteiger partial charge in [-0.05, 0) is 83.5 Å². The first-order chi connectivity index (χ1) is 29.0. The summed E-state index contributed by atoms with van der Waals surface area (Å²) in [4.78, 5) is 37.8. The number of esters is 3. The van der Waals surface area contributed by atoms with Crippen molar-refractivity contribution in [3.05, 3.63) is 85.1 Å². The number of hydrogen-bond donors (Lipinski definition) is 0. The van der Waals surface area contributed by atoms with Gasteiger partial charge in [-0.1, -0.05) is 196 Å². The average molecular weight is 821 g/mol. The van der Waals surface area contributed by atoms with E-state index in [-0.39, 0.29) is 31.1 Å². The van der Waals surface area contributed by atoms with Crippen LogP contribution in [0.1, 0.15) is 213 Å². The van der Waals surface area contributed by atoms with Gasteiger partial charge in [-0.15, -0.1) is 0 Å². The molecule has 0 saturated heterocycles. The summed E-state index contributed by atoms with van der Waals surface area (Å²) in [5.74, 6) is -0.959. The maximum Gasteiger partial charge on any atom is 0.306 e. The Balaban J connectivity index is 4.46. The third kappa shape index (κ3) is 45.5. The third-order valence-electron chi connectivity index (χ3n) is 9.98. The highest BCUT2D eigenvalue weighted by Crippen LogP contribution is 2.13.